The molecule has 0 spiro atoms. The Kier molecular flexibility index (Phi) is 7.99. The third-order valence-corrected chi connectivity index (χ3v) is 14.1. The van der Waals surface area contributed by atoms with Gasteiger partial charge in [0.1, 0.15) is 0 Å². The molecule has 2 aliphatic rings. The fourth-order valence-corrected chi connectivity index (χ4v) is 11.0. The van der Waals surface area contributed by atoms with E-state index in [9.17, 15) is 0 Å². The smallest absolute Gasteiger partial charge is 0.0715 e. The van der Waals surface area contributed by atoms with Crippen LogP contribution in [0, 0.1) is 0 Å². The molecule has 10 aromatic rings. The molecular weight excluding hydrogens is 747 g/mol. The third kappa shape index (κ3) is 5.38. The third-order valence-electron chi connectivity index (χ3n) is 14.1. The molecule has 1 aromatic heterocycles. The zero-order chi connectivity index (χ0) is 41.7. The predicted molar refractivity (Wildman–Crippen MR) is 262 cm³/mol. The van der Waals surface area contributed by atoms with E-state index in [1.165, 1.54) is 93.9 Å². The van der Waals surface area contributed by atoms with Gasteiger partial charge in [0.15, 0.2) is 0 Å². The molecule has 0 amide bonds. The average Bonchev–Trinajstić information content (AvgIpc) is 3.70. The van der Waals surface area contributed by atoms with Crippen molar-refractivity contribution < 1.29 is 0 Å². The van der Waals surface area contributed by atoms with Crippen molar-refractivity contribution in [3.05, 3.63) is 222 Å². The molecule has 0 N–H and O–H groups in total. The normalized spacial score (nSPS) is 14.1. The minimum absolute atomic E-state index is 0.0909. The Morgan fingerprint density at radius 1 is 0.274 bits per heavy atom. The van der Waals surface area contributed by atoms with Crippen molar-refractivity contribution in [1.82, 2.24) is 4.98 Å². The number of benzene rings is 9. The van der Waals surface area contributed by atoms with Gasteiger partial charge in [0.05, 0.1) is 11.4 Å². The summed E-state index contributed by atoms with van der Waals surface area (Å²) in [4.78, 5) is 5.31. The van der Waals surface area contributed by atoms with E-state index in [2.05, 4.69) is 228 Å². The Bertz CT molecular complexity index is 3390. The lowest BCUT2D eigenvalue weighted by Crippen LogP contribution is -2.14. The van der Waals surface area contributed by atoms with Crippen molar-refractivity contribution in [2.24, 2.45) is 0 Å². The number of fused-ring (bicyclic) bond motifs is 8. The van der Waals surface area contributed by atoms with Crippen LogP contribution < -0.4 is 0 Å². The first-order valence-corrected chi connectivity index (χ1v) is 21.9. The van der Waals surface area contributed by atoms with Crippen molar-refractivity contribution >= 4 is 21.5 Å². The minimum Gasteiger partial charge on any atom is -0.248 e. The van der Waals surface area contributed by atoms with Crippen LogP contribution in [-0.4, -0.2) is 4.98 Å². The van der Waals surface area contributed by atoms with Crippen molar-refractivity contribution in [2.45, 2.75) is 38.5 Å². The second-order valence-electron chi connectivity index (χ2n) is 18.2. The van der Waals surface area contributed by atoms with Crippen LogP contribution in [0.1, 0.15) is 49.9 Å². The quantitative estimate of drug-likeness (QED) is 0.158. The van der Waals surface area contributed by atoms with Gasteiger partial charge in [-0.3, -0.25) is 0 Å². The maximum Gasteiger partial charge on any atom is 0.0715 e. The van der Waals surface area contributed by atoms with E-state index < -0.39 is 0 Å². The second-order valence-corrected chi connectivity index (χ2v) is 18.2. The van der Waals surface area contributed by atoms with Gasteiger partial charge < -0.3 is 0 Å². The molecule has 0 unspecified atom stereocenters. The standard InChI is InChI=1S/C61H45N/c1-60(2)52-28-16-14-25-48(52)59-49(26-17-29-53(59)60)58-46-24-12-11-23-45(46)57(42-36-55(38-18-7-5-8-19-38)62-56(37-42)39-20-9-6-10-21-39)47-33-31-40(34-50(47)58)41-30-32-44-43-22-13-15-27-51(43)61(3,4)54(44)35-41/h5-37H,1-4H3. The summed E-state index contributed by atoms with van der Waals surface area (Å²) in [6.45, 7) is 9.50. The molecule has 0 atom stereocenters. The Morgan fingerprint density at radius 3 is 1.45 bits per heavy atom. The van der Waals surface area contributed by atoms with Crippen molar-refractivity contribution in [3.63, 3.8) is 0 Å². The fourth-order valence-electron chi connectivity index (χ4n) is 11.0. The predicted octanol–water partition coefficient (Wildman–Crippen LogP) is 16.3. The van der Waals surface area contributed by atoms with Gasteiger partial charge in [0.25, 0.3) is 0 Å². The monoisotopic (exact) mass is 791 g/mol. The van der Waals surface area contributed by atoms with Crippen LogP contribution >= 0.6 is 0 Å². The van der Waals surface area contributed by atoms with Crippen LogP contribution in [-0.2, 0) is 10.8 Å². The lowest BCUT2D eigenvalue weighted by molar-refractivity contribution is 0.660. The molecule has 0 radical (unpaired) electrons. The Labute approximate surface area is 364 Å². The molecule has 1 heterocycles. The highest BCUT2D eigenvalue weighted by atomic mass is 14.7. The van der Waals surface area contributed by atoms with Crippen LogP contribution in [0.15, 0.2) is 200 Å². The van der Waals surface area contributed by atoms with E-state index in [0.717, 1.165) is 28.1 Å². The summed E-state index contributed by atoms with van der Waals surface area (Å²) in [6, 6.07) is 74.2. The van der Waals surface area contributed by atoms with Crippen LogP contribution in [0.5, 0.6) is 0 Å². The van der Waals surface area contributed by atoms with Gasteiger partial charge in [-0.2, -0.15) is 0 Å². The van der Waals surface area contributed by atoms with Gasteiger partial charge in [-0.25, -0.2) is 4.98 Å². The van der Waals surface area contributed by atoms with Crippen LogP contribution in [0.2, 0.25) is 0 Å². The summed E-state index contributed by atoms with van der Waals surface area (Å²) in [7, 11) is 0. The Morgan fingerprint density at radius 2 is 0.758 bits per heavy atom. The molecule has 12 rings (SSSR count). The first-order valence-electron chi connectivity index (χ1n) is 21.9. The molecule has 62 heavy (non-hydrogen) atoms. The summed E-state index contributed by atoms with van der Waals surface area (Å²) < 4.78 is 0. The number of aromatic nitrogens is 1. The maximum absolute atomic E-state index is 5.31. The molecular formula is C61H45N. The molecule has 9 aromatic carbocycles. The SMILES string of the molecule is CC1(C)c2ccccc2-c2ccc(-c3ccc4c(-c5cc(-c6ccccc6)nc(-c6ccccc6)c5)c5ccccc5c(-c5cccc6c5-c5ccccc5C6(C)C)c4c3)cc21. The van der Waals surface area contributed by atoms with E-state index >= 15 is 0 Å². The Hall–Kier alpha value is -7.35. The number of rotatable bonds is 5. The zero-order valence-corrected chi connectivity index (χ0v) is 35.5. The first kappa shape index (κ1) is 36.5. The van der Waals surface area contributed by atoms with Crippen LogP contribution in [0.4, 0.5) is 0 Å². The number of nitrogens with zero attached hydrogens (tertiary/aromatic N) is 1. The maximum atomic E-state index is 5.31. The van der Waals surface area contributed by atoms with E-state index in [4.69, 9.17) is 4.98 Å². The van der Waals surface area contributed by atoms with Gasteiger partial charge in [0, 0.05) is 22.0 Å². The molecule has 294 valence electrons. The highest BCUT2D eigenvalue weighted by Gasteiger charge is 2.38. The van der Waals surface area contributed by atoms with E-state index in [1.807, 2.05) is 0 Å². The van der Waals surface area contributed by atoms with Gasteiger partial charge in [-0.05, 0) is 124 Å². The van der Waals surface area contributed by atoms with Crippen molar-refractivity contribution in [3.8, 4) is 78.1 Å². The van der Waals surface area contributed by atoms with E-state index in [1.54, 1.807) is 0 Å². The molecule has 1 heteroatoms. The lowest BCUT2D eigenvalue weighted by Gasteiger charge is -2.23. The van der Waals surface area contributed by atoms with Crippen molar-refractivity contribution in [2.75, 3.05) is 0 Å². The second kappa shape index (κ2) is 13.6. The molecule has 1 nitrogen and oxygen atoms in total. The van der Waals surface area contributed by atoms with Gasteiger partial charge in [0.2, 0.25) is 0 Å². The summed E-state index contributed by atoms with van der Waals surface area (Å²) >= 11 is 0. The van der Waals surface area contributed by atoms with E-state index in [-0.39, 0.29) is 10.8 Å². The fraction of sp³-hybridized carbons (Fsp3) is 0.0984. The molecule has 2 aliphatic carbocycles. The summed E-state index contributed by atoms with van der Waals surface area (Å²) in [5.41, 5.74) is 22.2. The average molecular weight is 792 g/mol. The Balaban J connectivity index is 1.18. The van der Waals surface area contributed by atoms with Crippen LogP contribution in [0.3, 0.4) is 0 Å². The van der Waals surface area contributed by atoms with Gasteiger partial charge >= 0.3 is 0 Å². The highest BCUT2D eigenvalue weighted by Crippen LogP contribution is 2.55. The zero-order valence-electron chi connectivity index (χ0n) is 35.5. The number of hydrogen-bond donors (Lipinski definition) is 0. The van der Waals surface area contributed by atoms with Crippen LogP contribution in [0.25, 0.3) is 99.7 Å². The van der Waals surface area contributed by atoms with E-state index in [0.29, 0.717) is 0 Å². The molecule has 0 bridgehead atoms. The summed E-state index contributed by atoms with van der Waals surface area (Å²) in [5, 5.41) is 4.94. The minimum atomic E-state index is -0.119. The number of hydrogen-bond acceptors (Lipinski definition) is 1. The highest BCUT2D eigenvalue weighted by molar-refractivity contribution is 6.23. The topological polar surface area (TPSA) is 12.9 Å². The van der Waals surface area contributed by atoms with Crippen molar-refractivity contribution in [1.29, 1.82) is 0 Å². The van der Waals surface area contributed by atoms with Gasteiger partial charge in [-0.1, -0.05) is 204 Å². The lowest BCUT2D eigenvalue weighted by atomic mass is 9.80. The van der Waals surface area contributed by atoms with Gasteiger partial charge in [-0.15, -0.1) is 0 Å². The summed E-state index contributed by atoms with van der Waals surface area (Å²) in [5.74, 6) is 0. The first-order chi connectivity index (χ1) is 30.3. The molecule has 0 saturated carbocycles. The largest absolute Gasteiger partial charge is 0.248 e. The molecule has 0 saturated heterocycles. The summed E-state index contributed by atoms with van der Waals surface area (Å²) in [6.07, 6.45) is 0. The number of pyridine rings is 1. The molecule has 0 fully saturated rings. The molecule has 0 aliphatic heterocycles.